The summed E-state index contributed by atoms with van der Waals surface area (Å²) >= 11 is 1.71. The van der Waals surface area contributed by atoms with Crippen LogP contribution in [0.2, 0.25) is 0 Å². The highest BCUT2D eigenvalue weighted by Gasteiger charge is 2.05. The molecule has 3 nitrogen and oxygen atoms in total. The molecule has 4 heteroatoms. The van der Waals surface area contributed by atoms with Crippen LogP contribution in [0, 0.1) is 0 Å². The summed E-state index contributed by atoms with van der Waals surface area (Å²) in [6.07, 6.45) is 3.79. The molecule has 0 saturated carbocycles. The van der Waals surface area contributed by atoms with Gasteiger partial charge >= 0.3 is 0 Å². The summed E-state index contributed by atoms with van der Waals surface area (Å²) in [4.78, 5) is 12.1. The number of nitrogens with zero attached hydrogens (tertiary/aromatic N) is 3. The molecule has 0 N–H and O–H groups in total. The zero-order valence-electron chi connectivity index (χ0n) is 9.55. The quantitative estimate of drug-likeness (QED) is 0.812. The maximum absolute atomic E-state index is 4.40. The van der Waals surface area contributed by atoms with Gasteiger partial charge in [-0.1, -0.05) is 6.07 Å². The average molecular weight is 233 g/mol. The summed E-state index contributed by atoms with van der Waals surface area (Å²) in [7, 11) is 0. The first-order chi connectivity index (χ1) is 7.85. The molecule has 0 fully saturated rings. The molecule has 0 aromatic carbocycles. The molecule has 0 bridgehead atoms. The highest BCUT2D eigenvalue weighted by Crippen LogP contribution is 2.23. The Bertz CT molecular complexity index is 418. The number of hydrogen-bond acceptors (Lipinski definition) is 4. The van der Waals surface area contributed by atoms with Gasteiger partial charge in [0.05, 0.1) is 0 Å². The predicted octanol–water partition coefficient (Wildman–Crippen LogP) is 3.05. The van der Waals surface area contributed by atoms with Crippen molar-refractivity contribution >= 4 is 17.3 Å². The smallest absolute Gasteiger partial charge is 0.225 e. The second-order valence-electron chi connectivity index (χ2n) is 3.42. The van der Waals surface area contributed by atoms with E-state index in [-0.39, 0.29) is 0 Å². The van der Waals surface area contributed by atoms with Gasteiger partial charge in [0.2, 0.25) is 5.95 Å². The van der Waals surface area contributed by atoms with Crippen LogP contribution in [0.1, 0.15) is 13.8 Å². The Kier molecular flexibility index (Phi) is 3.51. The van der Waals surface area contributed by atoms with Crippen molar-refractivity contribution in [1.29, 1.82) is 0 Å². The summed E-state index contributed by atoms with van der Waals surface area (Å²) < 4.78 is 0. The van der Waals surface area contributed by atoms with Crippen molar-refractivity contribution in [3.8, 4) is 10.4 Å². The molecule has 0 atom stereocenters. The van der Waals surface area contributed by atoms with Crippen LogP contribution in [0.4, 0.5) is 5.95 Å². The first-order valence-corrected chi connectivity index (χ1v) is 6.34. The molecule has 0 radical (unpaired) electrons. The summed E-state index contributed by atoms with van der Waals surface area (Å²) in [5, 5.41) is 2.06. The van der Waals surface area contributed by atoms with Gasteiger partial charge in [-0.2, -0.15) is 0 Å². The summed E-state index contributed by atoms with van der Waals surface area (Å²) in [6.45, 7) is 6.10. The van der Waals surface area contributed by atoms with Crippen LogP contribution in [-0.4, -0.2) is 23.1 Å². The second kappa shape index (κ2) is 5.07. The minimum atomic E-state index is 0.810. The van der Waals surface area contributed by atoms with Crippen LogP contribution in [0.25, 0.3) is 10.4 Å². The SMILES string of the molecule is CCN(CC)c1ncc(-c2cccs2)cn1. The zero-order valence-corrected chi connectivity index (χ0v) is 10.4. The Morgan fingerprint density at radius 1 is 1.19 bits per heavy atom. The van der Waals surface area contributed by atoms with Gasteiger partial charge in [-0.25, -0.2) is 9.97 Å². The van der Waals surface area contributed by atoms with Crippen molar-refractivity contribution in [2.24, 2.45) is 0 Å². The lowest BCUT2D eigenvalue weighted by atomic mass is 10.3. The molecular weight excluding hydrogens is 218 g/mol. The molecule has 0 spiro atoms. The van der Waals surface area contributed by atoms with E-state index in [4.69, 9.17) is 0 Å². The third-order valence-corrected chi connectivity index (χ3v) is 3.41. The van der Waals surface area contributed by atoms with Crippen LogP contribution < -0.4 is 4.90 Å². The maximum atomic E-state index is 4.40. The van der Waals surface area contributed by atoms with Gasteiger partial charge in [-0.3, -0.25) is 0 Å². The number of thiophene rings is 1. The average Bonchev–Trinajstić information content (AvgIpc) is 2.85. The van der Waals surface area contributed by atoms with E-state index in [0.717, 1.165) is 24.6 Å². The first kappa shape index (κ1) is 11.1. The van der Waals surface area contributed by atoms with Gasteiger partial charge < -0.3 is 4.90 Å². The fourth-order valence-corrected chi connectivity index (χ4v) is 2.26. The van der Waals surface area contributed by atoms with Crippen LogP contribution in [-0.2, 0) is 0 Å². The Hall–Kier alpha value is -1.42. The van der Waals surface area contributed by atoms with Crippen LogP contribution in [0.5, 0.6) is 0 Å². The molecule has 0 aliphatic carbocycles. The van der Waals surface area contributed by atoms with E-state index >= 15 is 0 Å². The van der Waals surface area contributed by atoms with E-state index < -0.39 is 0 Å². The van der Waals surface area contributed by atoms with Gasteiger partial charge in [0.1, 0.15) is 0 Å². The Morgan fingerprint density at radius 2 is 1.88 bits per heavy atom. The molecule has 2 rings (SSSR count). The molecule has 0 aliphatic rings. The summed E-state index contributed by atoms with van der Waals surface area (Å²) in [5.74, 6) is 0.810. The molecule has 0 unspecified atom stereocenters. The fourth-order valence-electron chi connectivity index (χ4n) is 1.56. The third-order valence-electron chi connectivity index (χ3n) is 2.49. The van der Waals surface area contributed by atoms with E-state index in [2.05, 4.69) is 40.2 Å². The highest BCUT2D eigenvalue weighted by molar-refractivity contribution is 7.13. The van der Waals surface area contributed by atoms with Crippen molar-refractivity contribution < 1.29 is 0 Å². The Balaban J connectivity index is 2.22. The molecule has 2 heterocycles. The number of aromatic nitrogens is 2. The lowest BCUT2D eigenvalue weighted by Gasteiger charge is -2.17. The van der Waals surface area contributed by atoms with Gasteiger partial charge in [0.25, 0.3) is 0 Å². The minimum Gasteiger partial charge on any atom is -0.341 e. The number of hydrogen-bond donors (Lipinski definition) is 0. The lowest BCUT2D eigenvalue weighted by molar-refractivity contribution is 0.821. The molecular formula is C12H15N3S. The normalized spacial score (nSPS) is 10.4. The molecule has 2 aromatic rings. The minimum absolute atomic E-state index is 0.810. The largest absolute Gasteiger partial charge is 0.341 e. The van der Waals surface area contributed by atoms with Crippen LogP contribution in [0.3, 0.4) is 0 Å². The molecule has 0 aliphatic heterocycles. The van der Waals surface area contributed by atoms with E-state index in [1.807, 2.05) is 18.5 Å². The first-order valence-electron chi connectivity index (χ1n) is 5.46. The third kappa shape index (κ3) is 2.22. The van der Waals surface area contributed by atoms with Crippen molar-refractivity contribution in [1.82, 2.24) is 9.97 Å². The lowest BCUT2D eigenvalue weighted by Crippen LogP contribution is -2.23. The van der Waals surface area contributed by atoms with Crippen LogP contribution in [0.15, 0.2) is 29.9 Å². The van der Waals surface area contributed by atoms with Crippen molar-refractivity contribution in [2.75, 3.05) is 18.0 Å². The highest BCUT2D eigenvalue weighted by atomic mass is 32.1. The van der Waals surface area contributed by atoms with E-state index in [0.29, 0.717) is 0 Å². The van der Waals surface area contributed by atoms with E-state index in [1.54, 1.807) is 11.3 Å². The van der Waals surface area contributed by atoms with E-state index in [1.165, 1.54) is 4.88 Å². The monoisotopic (exact) mass is 233 g/mol. The number of rotatable bonds is 4. The molecule has 16 heavy (non-hydrogen) atoms. The Labute approximate surface area is 99.8 Å². The molecule has 0 amide bonds. The zero-order chi connectivity index (χ0) is 11.4. The van der Waals surface area contributed by atoms with E-state index in [9.17, 15) is 0 Å². The summed E-state index contributed by atoms with van der Waals surface area (Å²) in [6, 6.07) is 4.12. The predicted molar refractivity (Wildman–Crippen MR) is 68.9 cm³/mol. The van der Waals surface area contributed by atoms with Gasteiger partial charge in [-0.15, -0.1) is 11.3 Å². The van der Waals surface area contributed by atoms with Crippen LogP contribution >= 0.6 is 11.3 Å². The summed E-state index contributed by atoms with van der Waals surface area (Å²) in [5.41, 5.74) is 1.09. The molecule has 0 saturated heterocycles. The second-order valence-corrected chi connectivity index (χ2v) is 4.37. The van der Waals surface area contributed by atoms with Gasteiger partial charge in [-0.05, 0) is 25.3 Å². The standard InChI is InChI=1S/C12H15N3S/c1-3-15(4-2)12-13-8-10(9-14-12)11-6-5-7-16-11/h5-9H,3-4H2,1-2H3. The van der Waals surface area contributed by atoms with Crippen molar-refractivity contribution in [3.63, 3.8) is 0 Å². The molecule has 2 aromatic heterocycles. The maximum Gasteiger partial charge on any atom is 0.225 e. The topological polar surface area (TPSA) is 29.0 Å². The Morgan fingerprint density at radius 3 is 2.38 bits per heavy atom. The van der Waals surface area contributed by atoms with Crippen molar-refractivity contribution in [3.05, 3.63) is 29.9 Å². The van der Waals surface area contributed by atoms with Gasteiger partial charge in [0.15, 0.2) is 0 Å². The van der Waals surface area contributed by atoms with Gasteiger partial charge in [0, 0.05) is 35.9 Å². The van der Waals surface area contributed by atoms with Crippen molar-refractivity contribution in [2.45, 2.75) is 13.8 Å². The fraction of sp³-hybridized carbons (Fsp3) is 0.333. The molecule has 84 valence electrons. The number of anilines is 1.